The van der Waals surface area contributed by atoms with Gasteiger partial charge < -0.3 is 5.11 Å². The molecule has 0 saturated carbocycles. The van der Waals surface area contributed by atoms with Crippen LogP contribution in [0.4, 0.5) is 0 Å². The van der Waals surface area contributed by atoms with Crippen molar-refractivity contribution < 1.29 is 13.5 Å². The number of hydrogen-bond acceptors (Lipinski definition) is 3. The van der Waals surface area contributed by atoms with Crippen LogP contribution in [0.3, 0.4) is 0 Å². The second-order valence-electron chi connectivity index (χ2n) is 4.07. The fraction of sp³-hybridized carbons (Fsp3) is 0.0714. The van der Waals surface area contributed by atoms with Crippen molar-refractivity contribution >= 4 is 16.2 Å². The van der Waals surface area contributed by atoms with E-state index in [0.29, 0.717) is 11.1 Å². The molecule has 5 heteroatoms. The van der Waals surface area contributed by atoms with E-state index in [1.807, 2.05) is 0 Å². The van der Waals surface area contributed by atoms with Gasteiger partial charge in [-0.2, -0.15) is 12.8 Å². The second kappa shape index (κ2) is 5.24. The Morgan fingerprint density at radius 3 is 2.32 bits per heavy atom. The number of hydrogen-bond donors (Lipinski definition) is 1. The molecule has 2 aromatic carbocycles. The highest BCUT2D eigenvalue weighted by Crippen LogP contribution is 2.17. The first kappa shape index (κ1) is 13.3. The predicted molar refractivity (Wildman–Crippen MR) is 74.1 cm³/mol. The topological polar surface area (TPSA) is 66.7 Å². The normalized spacial score (nSPS) is 11.8. The Hall–Kier alpha value is -2.14. The molecule has 0 fully saturated rings. The van der Waals surface area contributed by atoms with E-state index >= 15 is 0 Å². The Balaban J connectivity index is 2.32. The highest BCUT2D eigenvalue weighted by molar-refractivity contribution is 7.90. The maximum atomic E-state index is 12.0. The lowest BCUT2D eigenvalue weighted by molar-refractivity contribution is 0.475. The molecule has 0 aliphatic heterocycles. The molecule has 0 aliphatic carbocycles. The Morgan fingerprint density at radius 1 is 1.05 bits per heavy atom. The molecule has 2 aromatic rings. The molecule has 4 nitrogen and oxygen atoms in total. The minimum Gasteiger partial charge on any atom is -0.508 e. The van der Waals surface area contributed by atoms with Crippen LogP contribution in [0.2, 0.25) is 0 Å². The summed E-state index contributed by atoms with van der Waals surface area (Å²) in [5.74, 6) is 0.124. The Labute approximate surface area is 112 Å². The number of phenolic OH excluding ortho intramolecular Hbond substituents is 1. The molecule has 0 saturated heterocycles. The monoisotopic (exact) mass is 275 g/mol. The van der Waals surface area contributed by atoms with Crippen LogP contribution in [0.1, 0.15) is 11.1 Å². The van der Waals surface area contributed by atoms with Gasteiger partial charge in [0.1, 0.15) is 5.75 Å². The fourth-order valence-electron chi connectivity index (χ4n) is 1.59. The molecular weight excluding hydrogens is 262 g/mol. The fourth-order valence-corrected chi connectivity index (χ4v) is 2.69. The van der Waals surface area contributed by atoms with Crippen molar-refractivity contribution in [1.82, 2.24) is 0 Å². The molecule has 0 amide bonds. The van der Waals surface area contributed by atoms with Gasteiger partial charge in [0.05, 0.1) is 4.90 Å². The first-order chi connectivity index (χ1) is 8.99. The van der Waals surface area contributed by atoms with Gasteiger partial charge in [0.15, 0.2) is 0 Å². The summed E-state index contributed by atoms with van der Waals surface area (Å²) in [6.07, 6.45) is 1.27. The number of sulfonamides is 1. The quantitative estimate of drug-likeness (QED) is 0.875. The lowest BCUT2D eigenvalue weighted by Crippen LogP contribution is -2.00. The third-order valence-electron chi connectivity index (χ3n) is 2.61. The van der Waals surface area contributed by atoms with E-state index in [1.165, 1.54) is 24.4 Å². The van der Waals surface area contributed by atoms with Gasteiger partial charge in [-0.1, -0.05) is 18.2 Å². The van der Waals surface area contributed by atoms with E-state index < -0.39 is 10.0 Å². The van der Waals surface area contributed by atoms with Crippen LogP contribution in [0.5, 0.6) is 5.75 Å². The van der Waals surface area contributed by atoms with Crippen LogP contribution in [0.25, 0.3) is 0 Å². The van der Waals surface area contributed by atoms with Crippen LogP contribution in [-0.4, -0.2) is 19.7 Å². The Bertz CT molecular complexity index is 704. The predicted octanol–water partition coefficient (Wildman–Crippen LogP) is 2.51. The van der Waals surface area contributed by atoms with Gasteiger partial charge >= 0.3 is 0 Å². The summed E-state index contributed by atoms with van der Waals surface area (Å²) in [7, 11) is -3.69. The minimum atomic E-state index is -3.69. The summed E-state index contributed by atoms with van der Waals surface area (Å²) in [4.78, 5) is 0.199. The molecule has 0 heterocycles. The molecule has 0 aliphatic rings. The van der Waals surface area contributed by atoms with Gasteiger partial charge in [0, 0.05) is 6.21 Å². The van der Waals surface area contributed by atoms with Crippen LogP contribution in [0.15, 0.2) is 57.8 Å². The van der Waals surface area contributed by atoms with Gasteiger partial charge in [-0.3, -0.25) is 0 Å². The Kier molecular flexibility index (Phi) is 3.66. The molecule has 2 rings (SSSR count). The highest BCUT2D eigenvalue weighted by atomic mass is 32.2. The zero-order valence-corrected chi connectivity index (χ0v) is 11.1. The smallest absolute Gasteiger partial charge is 0.282 e. The third kappa shape index (κ3) is 3.20. The van der Waals surface area contributed by atoms with Crippen LogP contribution in [-0.2, 0) is 10.0 Å². The summed E-state index contributed by atoms with van der Waals surface area (Å²) in [5.41, 5.74) is 1.26. The second-order valence-corrected chi connectivity index (χ2v) is 5.67. The first-order valence-corrected chi connectivity index (χ1v) is 7.08. The number of phenols is 1. The van der Waals surface area contributed by atoms with Gasteiger partial charge in [0.2, 0.25) is 0 Å². The summed E-state index contributed by atoms with van der Waals surface area (Å²) >= 11 is 0. The van der Waals surface area contributed by atoms with E-state index in [9.17, 15) is 8.42 Å². The molecular formula is C14H13NO3S. The number of rotatable bonds is 3. The summed E-state index contributed by atoms with van der Waals surface area (Å²) < 4.78 is 27.7. The van der Waals surface area contributed by atoms with Crippen molar-refractivity contribution in [1.29, 1.82) is 0 Å². The minimum absolute atomic E-state index is 0.124. The summed E-state index contributed by atoms with van der Waals surface area (Å²) in [6.45, 7) is 1.73. The summed E-state index contributed by atoms with van der Waals surface area (Å²) in [6, 6.07) is 12.8. The molecule has 98 valence electrons. The average molecular weight is 275 g/mol. The van der Waals surface area contributed by atoms with E-state index in [4.69, 9.17) is 5.11 Å². The maximum absolute atomic E-state index is 12.0. The van der Waals surface area contributed by atoms with E-state index in [1.54, 1.807) is 37.3 Å². The van der Waals surface area contributed by atoms with E-state index in [0.717, 1.165) is 0 Å². The number of aryl methyl sites for hydroxylation is 1. The molecule has 0 spiro atoms. The molecule has 1 N–H and O–H groups in total. The first-order valence-electron chi connectivity index (χ1n) is 5.64. The van der Waals surface area contributed by atoms with Crippen molar-refractivity contribution in [2.45, 2.75) is 11.8 Å². The largest absolute Gasteiger partial charge is 0.508 e. The Morgan fingerprint density at radius 2 is 1.68 bits per heavy atom. The van der Waals surface area contributed by atoms with Crippen molar-refractivity contribution in [3.05, 3.63) is 59.7 Å². The average Bonchev–Trinajstić information content (AvgIpc) is 2.38. The lowest BCUT2D eigenvalue weighted by atomic mass is 10.2. The number of aromatic hydroxyl groups is 1. The number of benzene rings is 2. The lowest BCUT2D eigenvalue weighted by Gasteiger charge is -2.02. The third-order valence-corrected chi connectivity index (χ3v) is 4.00. The molecule has 0 unspecified atom stereocenters. The van der Waals surface area contributed by atoms with Crippen LogP contribution >= 0.6 is 0 Å². The van der Waals surface area contributed by atoms with Crippen LogP contribution < -0.4 is 0 Å². The van der Waals surface area contributed by atoms with Crippen LogP contribution in [0, 0.1) is 6.92 Å². The highest BCUT2D eigenvalue weighted by Gasteiger charge is 2.13. The van der Waals surface area contributed by atoms with E-state index in [2.05, 4.69) is 4.40 Å². The van der Waals surface area contributed by atoms with Crippen molar-refractivity contribution in [3.63, 3.8) is 0 Å². The van der Waals surface area contributed by atoms with Crippen molar-refractivity contribution in [2.75, 3.05) is 0 Å². The van der Waals surface area contributed by atoms with Gasteiger partial charge in [-0.05, 0) is 48.4 Å². The zero-order chi connectivity index (χ0) is 13.9. The van der Waals surface area contributed by atoms with Crippen molar-refractivity contribution in [2.24, 2.45) is 4.40 Å². The molecule has 0 aromatic heterocycles. The molecule has 0 bridgehead atoms. The maximum Gasteiger partial charge on any atom is 0.282 e. The summed E-state index contributed by atoms with van der Waals surface area (Å²) in [5, 5.41) is 9.14. The van der Waals surface area contributed by atoms with Crippen molar-refractivity contribution in [3.8, 4) is 5.75 Å². The number of nitrogens with zero attached hydrogens (tertiary/aromatic N) is 1. The van der Waals surface area contributed by atoms with Gasteiger partial charge in [-0.25, -0.2) is 0 Å². The molecule has 0 atom stereocenters. The van der Waals surface area contributed by atoms with Gasteiger partial charge in [-0.15, -0.1) is 0 Å². The van der Waals surface area contributed by atoms with Gasteiger partial charge in [0.25, 0.3) is 10.0 Å². The standard InChI is InChI=1S/C14H13NO3S/c1-11-4-2-3-5-14(11)19(17,18)15-10-12-6-8-13(16)9-7-12/h2-10,16H,1H3/b15-10+. The SMILES string of the molecule is Cc1ccccc1S(=O)(=O)/N=C/c1ccc(O)cc1. The zero-order valence-electron chi connectivity index (χ0n) is 10.3. The van der Waals surface area contributed by atoms with E-state index in [-0.39, 0.29) is 10.6 Å². The molecule has 19 heavy (non-hydrogen) atoms. The molecule has 0 radical (unpaired) electrons.